The Balaban J connectivity index is 1.46. The van der Waals surface area contributed by atoms with Crippen LogP contribution in [-0.4, -0.2) is 65.6 Å². The Morgan fingerprint density at radius 1 is 1.18 bits per heavy atom. The fourth-order valence-electron chi connectivity index (χ4n) is 4.36. The number of benzene rings is 1. The lowest BCUT2D eigenvalue weighted by atomic mass is 10.1. The molecule has 0 spiro atoms. The number of pyridine rings is 1. The van der Waals surface area contributed by atoms with Crippen molar-refractivity contribution in [3.8, 4) is 0 Å². The number of thiophene rings is 1. The highest BCUT2D eigenvalue weighted by Gasteiger charge is 2.35. The minimum Gasteiger partial charge on any atom is -0.450 e. The summed E-state index contributed by atoms with van der Waals surface area (Å²) in [5.74, 6) is 0.926. The molecule has 0 radical (unpaired) electrons. The molecular formula is C25H27ClN4O3S. The molecule has 3 aromatic rings. The summed E-state index contributed by atoms with van der Waals surface area (Å²) in [6, 6.07) is 11.9. The van der Waals surface area contributed by atoms with Crippen molar-refractivity contribution in [3.05, 3.63) is 57.2 Å². The SMILES string of the molecule is CCOC(=O)N1CCN(c2nc3cc(Cl)ccc3cc2CN(C(=O)c2cccs2)C2CC2)CC1. The molecule has 2 aliphatic rings. The van der Waals surface area contributed by atoms with Gasteiger partial charge >= 0.3 is 6.09 Å². The topological polar surface area (TPSA) is 66.0 Å². The molecule has 34 heavy (non-hydrogen) atoms. The molecule has 1 aromatic carbocycles. The van der Waals surface area contributed by atoms with Crippen LogP contribution in [0.3, 0.4) is 0 Å². The summed E-state index contributed by atoms with van der Waals surface area (Å²) in [5, 5.41) is 3.57. The van der Waals surface area contributed by atoms with Gasteiger partial charge in [0, 0.05) is 54.7 Å². The molecule has 2 fully saturated rings. The van der Waals surface area contributed by atoms with Crippen molar-refractivity contribution in [3.63, 3.8) is 0 Å². The number of aromatic nitrogens is 1. The number of carbonyl (C=O) groups is 2. The maximum absolute atomic E-state index is 13.3. The van der Waals surface area contributed by atoms with E-state index in [0.29, 0.717) is 44.4 Å². The van der Waals surface area contributed by atoms with Crippen LogP contribution in [0, 0.1) is 0 Å². The number of anilines is 1. The molecule has 178 valence electrons. The van der Waals surface area contributed by atoms with Crippen molar-refractivity contribution in [2.75, 3.05) is 37.7 Å². The van der Waals surface area contributed by atoms with E-state index in [4.69, 9.17) is 21.3 Å². The van der Waals surface area contributed by atoms with Crippen molar-refractivity contribution in [1.29, 1.82) is 0 Å². The summed E-state index contributed by atoms with van der Waals surface area (Å²) in [7, 11) is 0. The lowest BCUT2D eigenvalue weighted by molar-refractivity contribution is 0.0734. The second-order valence-corrected chi connectivity index (χ2v) is 10.0. The van der Waals surface area contributed by atoms with E-state index < -0.39 is 0 Å². The lowest BCUT2D eigenvalue weighted by Crippen LogP contribution is -2.49. The van der Waals surface area contributed by atoms with Gasteiger partial charge in [-0.3, -0.25) is 4.79 Å². The van der Waals surface area contributed by atoms with Gasteiger partial charge in [-0.1, -0.05) is 23.7 Å². The monoisotopic (exact) mass is 498 g/mol. The van der Waals surface area contributed by atoms with Crippen LogP contribution in [0.1, 0.15) is 35.0 Å². The van der Waals surface area contributed by atoms with Gasteiger partial charge in [0.1, 0.15) is 5.82 Å². The molecule has 1 saturated heterocycles. The van der Waals surface area contributed by atoms with Crippen LogP contribution in [0.15, 0.2) is 41.8 Å². The van der Waals surface area contributed by atoms with Gasteiger partial charge in [-0.05, 0) is 49.4 Å². The zero-order valence-corrected chi connectivity index (χ0v) is 20.6. The van der Waals surface area contributed by atoms with Crippen molar-refractivity contribution in [2.24, 2.45) is 0 Å². The van der Waals surface area contributed by atoms with Crippen molar-refractivity contribution in [1.82, 2.24) is 14.8 Å². The number of carbonyl (C=O) groups excluding carboxylic acids is 2. The third-order valence-corrected chi connectivity index (χ3v) is 7.36. The number of halogens is 1. The van der Waals surface area contributed by atoms with Crippen LogP contribution in [-0.2, 0) is 11.3 Å². The molecule has 1 aliphatic carbocycles. The van der Waals surface area contributed by atoms with Crippen molar-refractivity contribution < 1.29 is 14.3 Å². The molecule has 2 aromatic heterocycles. The first-order valence-corrected chi connectivity index (χ1v) is 12.9. The molecule has 0 N–H and O–H groups in total. The van der Waals surface area contributed by atoms with Gasteiger partial charge in [0.2, 0.25) is 0 Å². The van der Waals surface area contributed by atoms with Crippen LogP contribution in [0.25, 0.3) is 10.9 Å². The third kappa shape index (κ3) is 4.83. The number of rotatable bonds is 6. The second-order valence-electron chi connectivity index (χ2n) is 8.62. The van der Waals surface area contributed by atoms with Gasteiger partial charge in [-0.15, -0.1) is 11.3 Å². The molecule has 9 heteroatoms. The Morgan fingerprint density at radius 3 is 2.65 bits per heavy atom. The summed E-state index contributed by atoms with van der Waals surface area (Å²) < 4.78 is 5.16. The number of ether oxygens (including phenoxy) is 1. The standard InChI is InChI=1S/C25H27ClN4O3S/c1-2-33-25(32)29-11-9-28(10-12-29)23-18(14-17-5-6-19(26)15-21(17)27-23)16-30(20-7-8-20)24(31)22-4-3-13-34-22/h3-6,13-15,20H,2,7-12,16H2,1H3. The highest BCUT2D eigenvalue weighted by Crippen LogP contribution is 2.34. The minimum atomic E-state index is -0.276. The Labute approximate surface area is 207 Å². The van der Waals surface area contributed by atoms with E-state index in [9.17, 15) is 9.59 Å². The number of amides is 2. The van der Waals surface area contributed by atoms with Crippen LogP contribution < -0.4 is 4.90 Å². The van der Waals surface area contributed by atoms with Crippen LogP contribution in [0.2, 0.25) is 5.02 Å². The number of hydrogen-bond donors (Lipinski definition) is 0. The van der Waals surface area contributed by atoms with Gasteiger partial charge in [0.25, 0.3) is 5.91 Å². The van der Waals surface area contributed by atoms with Gasteiger partial charge in [0.05, 0.1) is 17.0 Å². The number of fused-ring (bicyclic) bond motifs is 1. The molecule has 0 unspecified atom stereocenters. The third-order valence-electron chi connectivity index (χ3n) is 6.26. The zero-order valence-electron chi connectivity index (χ0n) is 19.1. The Bertz CT molecular complexity index is 1190. The average molecular weight is 499 g/mol. The predicted octanol–water partition coefficient (Wildman–Crippen LogP) is 5.03. The van der Waals surface area contributed by atoms with E-state index >= 15 is 0 Å². The van der Waals surface area contributed by atoms with Crippen molar-refractivity contribution in [2.45, 2.75) is 32.4 Å². The Hall–Kier alpha value is -2.84. The van der Waals surface area contributed by atoms with E-state index in [2.05, 4.69) is 11.0 Å². The number of piperazine rings is 1. The highest BCUT2D eigenvalue weighted by atomic mass is 35.5. The first kappa shape index (κ1) is 22.9. The molecule has 1 aliphatic heterocycles. The molecule has 7 nitrogen and oxygen atoms in total. The van der Waals surface area contributed by atoms with Gasteiger partial charge in [-0.2, -0.15) is 0 Å². The van der Waals surface area contributed by atoms with Gasteiger partial charge in [0.15, 0.2) is 0 Å². The number of nitrogens with zero attached hydrogens (tertiary/aromatic N) is 4. The van der Waals surface area contributed by atoms with Crippen LogP contribution >= 0.6 is 22.9 Å². The smallest absolute Gasteiger partial charge is 0.409 e. The minimum absolute atomic E-state index is 0.0757. The molecular weight excluding hydrogens is 472 g/mol. The summed E-state index contributed by atoms with van der Waals surface area (Å²) in [4.78, 5) is 37.1. The molecule has 0 atom stereocenters. The molecule has 0 bridgehead atoms. The maximum atomic E-state index is 13.3. The summed E-state index contributed by atoms with van der Waals surface area (Å²) in [5.41, 5.74) is 1.83. The van der Waals surface area contributed by atoms with E-state index in [1.54, 1.807) is 4.90 Å². The summed E-state index contributed by atoms with van der Waals surface area (Å²) in [6.07, 6.45) is 1.78. The first-order chi connectivity index (χ1) is 16.5. The number of hydrogen-bond acceptors (Lipinski definition) is 6. The average Bonchev–Trinajstić information content (AvgIpc) is 3.54. The van der Waals surface area contributed by atoms with E-state index in [0.717, 1.165) is 40.0 Å². The van der Waals surface area contributed by atoms with Crippen LogP contribution in [0.5, 0.6) is 0 Å². The molecule has 1 saturated carbocycles. The highest BCUT2D eigenvalue weighted by molar-refractivity contribution is 7.12. The quantitative estimate of drug-likeness (QED) is 0.476. The lowest BCUT2D eigenvalue weighted by Gasteiger charge is -2.36. The zero-order chi connectivity index (χ0) is 23.7. The largest absolute Gasteiger partial charge is 0.450 e. The fraction of sp³-hybridized carbons (Fsp3) is 0.400. The Kier molecular flexibility index (Phi) is 6.61. The summed E-state index contributed by atoms with van der Waals surface area (Å²) in [6.45, 7) is 5.10. The summed E-state index contributed by atoms with van der Waals surface area (Å²) >= 11 is 7.73. The van der Waals surface area contributed by atoms with Crippen molar-refractivity contribution >= 4 is 51.7 Å². The van der Waals surface area contributed by atoms with Gasteiger partial charge in [-0.25, -0.2) is 9.78 Å². The predicted molar refractivity (Wildman–Crippen MR) is 135 cm³/mol. The maximum Gasteiger partial charge on any atom is 0.409 e. The molecule has 5 rings (SSSR count). The van der Waals surface area contributed by atoms with E-state index in [-0.39, 0.29) is 18.0 Å². The molecule has 3 heterocycles. The van der Waals surface area contributed by atoms with E-state index in [1.807, 2.05) is 47.5 Å². The normalized spacial score (nSPS) is 16.1. The molecule has 2 amide bonds. The van der Waals surface area contributed by atoms with Crippen LogP contribution in [0.4, 0.5) is 10.6 Å². The second kappa shape index (κ2) is 9.80. The first-order valence-electron chi connectivity index (χ1n) is 11.6. The Morgan fingerprint density at radius 2 is 1.97 bits per heavy atom. The van der Waals surface area contributed by atoms with E-state index in [1.165, 1.54) is 11.3 Å². The van der Waals surface area contributed by atoms with Gasteiger partial charge < -0.3 is 19.4 Å². The fourth-order valence-corrected chi connectivity index (χ4v) is 5.20.